The number of benzene rings is 2. The quantitative estimate of drug-likeness (QED) is 0.674. The molecule has 0 spiro atoms. The lowest BCUT2D eigenvalue weighted by Gasteiger charge is -2.39. The van der Waals surface area contributed by atoms with Gasteiger partial charge in [0.1, 0.15) is 11.6 Å². The number of anilines is 1. The molecule has 0 amide bonds. The van der Waals surface area contributed by atoms with Crippen LogP contribution in [-0.4, -0.2) is 23.2 Å². The largest absolute Gasteiger partial charge is 0.477 e. The molecule has 0 radical (unpaired) electrons. The molecule has 2 heterocycles. The lowest BCUT2D eigenvalue weighted by atomic mass is 9.91. The highest BCUT2D eigenvalue weighted by molar-refractivity contribution is 5.96. The summed E-state index contributed by atoms with van der Waals surface area (Å²) in [5.74, 6) is -1.10. The summed E-state index contributed by atoms with van der Waals surface area (Å²) in [6, 6.07) is 16.9. The Labute approximate surface area is 140 Å². The van der Waals surface area contributed by atoms with Crippen molar-refractivity contribution in [3.63, 3.8) is 0 Å². The summed E-state index contributed by atoms with van der Waals surface area (Å²) in [7, 11) is 0. The highest BCUT2D eigenvalue weighted by Gasteiger charge is 2.41. The molecule has 2 fully saturated rings. The van der Waals surface area contributed by atoms with Crippen LogP contribution in [-0.2, 0) is 4.79 Å². The van der Waals surface area contributed by atoms with Crippen LogP contribution in [0.2, 0.25) is 0 Å². The van der Waals surface area contributed by atoms with Gasteiger partial charge in [0.2, 0.25) is 0 Å². The van der Waals surface area contributed by atoms with Gasteiger partial charge < -0.3 is 10.0 Å². The van der Waals surface area contributed by atoms with Crippen molar-refractivity contribution in [2.45, 2.75) is 37.8 Å². The fourth-order valence-electron chi connectivity index (χ4n) is 4.34. The van der Waals surface area contributed by atoms with E-state index in [4.69, 9.17) is 0 Å². The Morgan fingerprint density at radius 3 is 2.71 bits per heavy atom. The van der Waals surface area contributed by atoms with Crippen molar-refractivity contribution in [3.8, 4) is 6.07 Å². The number of carbonyl (C=O) groups is 1. The number of aliphatic carboxylic acids is 1. The number of nitriles is 1. The molecule has 2 aliphatic rings. The molecule has 0 saturated carbocycles. The second-order valence-corrected chi connectivity index (χ2v) is 6.51. The number of piperidine rings is 1. The Morgan fingerprint density at radius 1 is 1.12 bits per heavy atom. The summed E-state index contributed by atoms with van der Waals surface area (Å²) in [6.45, 7) is 0. The van der Waals surface area contributed by atoms with Gasteiger partial charge in [0.25, 0.3) is 0 Å². The fraction of sp³-hybridized carbons (Fsp3) is 0.300. The summed E-state index contributed by atoms with van der Waals surface area (Å²) < 4.78 is 0. The van der Waals surface area contributed by atoms with Crippen LogP contribution in [0.25, 0.3) is 10.8 Å². The van der Waals surface area contributed by atoms with Crippen LogP contribution in [0, 0.1) is 11.3 Å². The molecule has 1 N–H and O–H groups in total. The molecule has 4 rings (SSSR count). The van der Waals surface area contributed by atoms with E-state index in [-0.39, 0.29) is 11.6 Å². The molecule has 2 aliphatic heterocycles. The summed E-state index contributed by atoms with van der Waals surface area (Å²) in [4.78, 5) is 13.8. The number of hydrogen-bond acceptors (Lipinski definition) is 3. The number of rotatable bonds is 2. The third-order valence-electron chi connectivity index (χ3n) is 5.34. The third-order valence-corrected chi connectivity index (χ3v) is 5.34. The van der Waals surface area contributed by atoms with Gasteiger partial charge in [-0.2, -0.15) is 5.26 Å². The first-order valence-electron chi connectivity index (χ1n) is 8.33. The van der Waals surface area contributed by atoms with Gasteiger partial charge >= 0.3 is 5.97 Å². The minimum Gasteiger partial charge on any atom is -0.477 e. The standard InChI is InChI=1S/C20H18N2O2/c21-12-17(20(23)24)16-10-8-14-9-11-19(16)22(14)18-7-3-5-13-4-1-2-6-15(13)18/h1-7,14,19H,8-11H2,(H,23,24). The highest BCUT2D eigenvalue weighted by Crippen LogP contribution is 2.44. The van der Waals surface area contributed by atoms with Crippen molar-refractivity contribution < 1.29 is 9.90 Å². The summed E-state index contributed by atoms with van der Waals surface area (Å²) in [5.41, 5.74) is 1.89. The normalized spacial score (nSPS) is 24.7. The maximum atomic E-state index is 11.5. The lowest BCUT2D eigenvalue weighted by Crippen LogP contribution is -2.42. The van der Waals surface area contributed by atoms with E-state index in [9.17, 15) is 15.2 Å². The van der Waals surface area contributed by atoms with Crippen LogP contribution < -0.4 is 4.90 Å². The van der Waals surface area contributed by atoms with E-state index in [1.54, 1.807) is 0 Å². The number of carboxylic acids is 1. The van der Waals surface area contributed by atoms with Gasteiger partial charge in [0, 0.05) is 17.1 Å². The topological polar surface area (TPSA) is 64.3 Å². The molecule has 2 aromatic carbocycles. The third kappa shape index (κ3) is 2.16. The summed E-state index contributed by atoms with van der Waals surface area (Å²) >= 11 is 0. The van der Waals surface area contributed by atoms with Gasteiger partial charge in [-0.1, -0.05) is 36.4 Å². The van der Waals surface area contributed by atoms with Crippen LogP contribution in [0.3, 0.4) is 0 Å². The number of fused-ring (bicyclic) bond motifs is 3. The molecule has 2 bridgehead atoms. The maximum Gasteiger partial charge on any atom is 0.346 e. The molecule has 2 unspecified atom stereocenters. The van der Waals surface area contributed by atoms with E-state index in [2.05, 4.69) is 35.2 Å². The molecule has 0 aliphatic carbocycles. The van der Waals surface area contributed by atoms with Gasteiger partial charge in [-0.15, -0.1) is 0 Å². The van der Waals surface area contributed by atoms with Crippen LogP contribution >= 0.6 is 0 Å². The lowest BCUT2D eigenvalue weighted by molar-refractivity contribution is -0.132. The number of hydrogen-bond donors (Lipinski definition) is 1. The molecular formula is C20H18N2O2. The maximum absolute atomic E-state index is 11.5. The van der Waals surface area contributed by atoms with Crippen LogP contribution in [0.1, 0.15) is 25.7 Å². The first-order chi connectivity index (χ1) is 11.7. The van der Waals surface area contributed by atoms with Gasteiger partial charge in [-0.25, -0.2) is 4.79 Å². The first kappa shape index (κ1) is 14.8. The van der Waals surface area contributed by atoms with Crippen molar-refractivity contribution in [1.82, 2.24) is 0 Å². The predicted octanol–water partition coefficient (Wildman–Crippen LogP) is 3.88. The van der Waals surface area contributed by atoms with Crippen molar-refractivity contribution in [3.05, 3.63) is 53.6 Å². The second kappa shape index (κ2) is 5.68. The summed E-state index contributed by atoms with van der Waals surface area (Å²) in [5, 5.41) is 21.1. The van der Waals surface area contributed by atoms with E-state index in [1.807, 2.05) is 18.2 Å². The molecule has 0 aromatic heterocycles. The Hall–Kier alpha value is -2.80. The Balaban J connectivity index is 1.87. The smallest absolute Gasteiger partial charge is 0.346 e. The van der Waals surface area contributed by atoms with Crippen molar-refractivity contribution in [2.75, 3.05) is 4.90 Å². The zero-order valence-corrected chi connectivity index (χ0v) is 13.3. The van der Waals surface area contributed by atoms with Crippen molar-refractivity contribution >= 4 is 22.4 Å². The van der Waals surface area contributed by atoms with Gasteiger partial charge in [-0.3, -0.25) is 0 Å². The minimum atomic E-state index is -1.10. The van der Waals surface area contributed by atoms with Gasteiger partial charge in [0.15, 0.2) is 0 Å². The minimum absolute atomic E-state index is 0.0281. The SMILES string of the molecule is N#CC(C(=O)O)=C1CCC2CCC1N2c1cccc2ccccc12. The van der Waals surface area contributed by atoms with E-state index < -0.39 is 5.97 Å². The fourth-order valence-corrected chi connectivity index (χ4v) is 4.34. The number of nitrogens with zero attached hydrogens (tertiary/aromatic N) is 2. The van der Waals surface area contributed by atoms with E-state index >= 15 is 0 Å². The highest BCUT2D eigenvalue weighted by atomic mass is 16.4. The van der Waals surface area contributed by atoms with Crippen LogP contribution in [0.15, 0.2) is 53.6 Å². The molecule has 24 heavy (non-hydrogen) atoms. The molecule has 2 atom stereocenters. The first-order valence-corrected chi connectivity index (χ1v) is 8.33. The van der Waals surface area contributed by atoms with E-state index in [1.165, 1.54) is 10.8 Å². The predicted molar refractivity (Wildman–Crippen MR) is 92.7 cm³/mol. The van der Waals surface area contributed by atoms with E-state index in [0.717, 1.165) is 30.5 Å². The van der Waals surface area contributed by atoms with Gasteiger partial charge in [-0.05, 0) is 42.7 Å². The number of carboxylic acid groups (broad SMARTS) is 1. The van der Waals surface area contributed by atoms with E-state index in [0.29, 0.717) is 12.5 Å². The van der Waals surface area contributed by atoms with Gasteiger partial charge in [0.05, 0.1) is 6.04 Å². The zero-order chi connectivity index (χ0) is 16.7. The average Bonchev–Trinajstić information content (AvgIpc) is 2.90. The van der Waals surface area contributed by atoms with Crippen molar-refractivity contribution in [2.24, 2.45) is 0 Å². The zero-order valence-electron chi connectivity index (χ0n) is 13.3. The molecule has 4 nitrogen and oxygen atoms in total. The molecule has 2 aromatic rings. The second-order valence-electron chi connectivity index (χ2n) is 6.51. The van der Waals surface area contributed by atoms with Crippen molar-refractivity contribution in [1.29, 1.82) is 5.26 Å². The van der Waals surface area contributed by atoms with Crippen LogP contribution in [0.5, 0.6) is 0 Å². The molecular weight excluding hydrogens is 300 g/mol. The molecule has 2 saturated heterocycles. The Bertz CT molecular complexity index is 889. The molecule has 4 heteroatoms. The Kier molecular flexibility index (Phi) is 3.50. The van der Waals surface area contributed by atoms with Crippen LogP contribution in [0.4, 0.5) is 5.69 Å². The monoisotopic (exact) mass is 318 g/mol. The summed E-state index contributed by atoms with van der Waals surface area (Å²) in [6.07, 6.45) is 3.59. The average molecular weight is 318 g/mol. The Morgan fingerprint density at radius 2 is 1.92 bits per heavy atom. The molecule has 120 valence electrons.